The highest BCUT2D eigenvalue weighted by Crippen LogP contribution is 2.54. The molecule has 3 saturated heterocycles. The van der Waals surface area contributed by atoms with Crippen molar-refractivity contribution in [2.24, 2.45) is 0 Å². The van der Waals surface area contributed by atoms with Crippen LogP contribution in [0.1, 0.15) is 17.9 Å². The molecule has 0 amide bonds. The van der Waals surface area contributed by atoms with Crippen molar-refractivity contribution in [2.75, 3.05) is 34.5 Å². The van der Waals surface area contributed by atoms with Gasteiger partial charge in [0.2, 0.25) is 5.60 Å². The molecular formula is C24H32O14. The van der Waals surface area contributed by atoms with Crippen LogP contribution in [0.25, 0.3) is 0 Å². The van der Waals surface area contributed by atoms with Crippen LogP contribution in [0.4, 0.5) is 0 Å². The van der Waals surface area contributed by atoms with Crippen molar-refractivity contribution in [2.45, 2.75) is 66.6 Å². The molecule has 3 aliphatic rings. The summed E-state index contributed by atoms with van der Waals surface area (Å²) in [5, 5.41) is 52.9. The van der Waals surface area contributed by atoms with Crippen molar-refractivity contribution >= 4 is 11.9 Å². The summed E-state index contributed by atoms with van der Waals surface area (Å²) in [4.78, 5) is 25.9. The van der Waals surface area contributed by atoms with Gasteiger partial charge in [-0.05, 0) is 17.7 Å². The van der Waals surface area contributed by atoms with E-state index >= 15 is 0 Å². The number of methoxy groups -OCH3 is 3. The summed E-state index contributed by atoms with van der Waals surface area (Å²) in [6, 6.07) is 6.16. The summed E-state index contributed by atoms with van der Waals surface area (Å²) in [5.41, 5.74) is -2.45. The second-order valence-electron chi connectivity index (χ2n) is 9.27. The molecule has 0 aromatic heterocycles. The summed E-state index contributed by atoms with van der Waals surface area (Å²) in [6.45, 7) is -0.985. The smallest absolute Gasteiger partial charge is 0.345 e. The fourth-order valence-corrected chi connectivity index (χ4v) is 5.15. The average molecular weight is 545 g/mol. The first-order chi connectivity index (χ1) is 18.1. The minimum Gasteiger partial charge on any atom is -0.497 e. The van der Waals surface area contributed by atoms with E-state index in [4.69, 9.17) is 33.2 Å². The van der Waals surface area contributed by atoms with Crippen molar-refractivity contribution in [3.63, 3.8) is 0 Å². The normalized spacial score (nSPS) is 39.4. The third-order valence-corrected chi connectivity index (χ3v) is 7.31. The fourth-order valence-electron chi connectivity index (χ4n) is 5.15. The largest absolute Gasteiger partial charge is 0.497 e. The summed E-state index contributed by atoms with van der Waals surface area (Å²) in [7, 11) is 3.91. The number of hydrogen-bond acceptors (Lipinski definition) is 14. The molecule has 3 unspecified atom stereocenters. The molecular weight excluding hydrogens is 512 g/mol. The van der Waals surface area contributed by atoms with E-state index in [0.717, 1.165) is 7.11 Å². The average Bonchev–Trinajstić information content (AvgIpc) is 3.38. The van der Waals surface area contributed by atoms with Crippen LogP contribution in [0, 0.1) is 0 Å². The van der Waals surface area contributed by atoms with Gasteiger partial charge in [-0.15, -0.1) is 0 Å². The number of rotatable bonds is 9. The predicted octanol–water partition coefficient (Wildman–Crippen LogP) is -2.44. The van der Waals surface area contributed by atoms with E-state index in [1.54, 1.807) is 12.1 Å². The van der Waals surface area contributed by atoms with E-state index in [9.17, 15) is 35.1 Å². The fraction of sp³-hybridized carbons (Fsp3) is 0.667. The van der Waals surface area contributed by atoms with Crippen molar-refractivity contribution < 1.29 is 68.3 Å². The van der Waals surface area contributed by atoms with Crippen molar-refractivity contribution in [3.8, 4) is 5.75 Å². The Morgan fingerprint density at radius 1 is 1.11 bits per heavy atom. The number of carbonyl (C=O) groups is 2. The number of ether oxygens (including phenoxy) is 7. The SMILES string of the molecule is COC(=O)C[C@H](c1ccc(OC)cc1)[C@]1(O)C(=O)OC2C(OC)COC21O[C@H]1O[C@H](CO)[C@H](O)[C@@H](O)[C@@H]1O. The van der Waals surface area contributed by atoms with Crippen LogP contribution < -0.4 is 4.74 Å². The highest BCUT2D eigenvalue weighted by Gasteiger charge is 2.78. The number of aliphatic hydroxyl groups is 5. The Kier molecular flexibility index (Phi) is 8.28. The lowest BCUT2D eigenvalue weighted by molar-refractivity contribution is -0.391. The van der Waals surface area contributed by atoms with Crippen LogP contribution in [0.15, 0.2) is 24.3 Å². The minimum atomic E-state index is -2.74. The van der Waals surface area contributed by atoms with Crippen molar-refractivity contribution in [3.05, 3.63) is 29.8 Å². The molecule has 38 heavy (non-hydrogen) atoms. The zero-order valence-electron chi connectivity index (χ0n) is 21.0. The van der Waals surface area contributed by atoms with E-state index in [0.29, 0.717) is 5.75 Å². The van der Waals surface area contributed by atoms with Gasteiger partial charge in [-0.3, -0.25) is 4.79 Å². The second kappa shape index (κ2) is 11.0. The Labute approximate surface area is 217 Å². The number of esters is 2. The molecule has 0 radical (unpaired) electrons. The van der Waals surface area contributed by atoms with E-state index in [1.807, 2.05) is 0 Å². The van der Waals surface area contributed by atoms with Gasteiger partial charge in [0.15, 0.2) is 12.4 Å². The maximum Gasteiger partial charge on any atom is 0.345 e. The molecule has 3 fully saturated rings. The molecule has 3 aliphatic heterocycles. The van der Waals surface area contributed by atoms with Crippen LogP contribution in [0.2, 0.25) is 0 Å². The van der Waals surface area contributed by atoms with Gasteiger partial charge in [0.25, 0.3) is 5.79 Å². The van der Waals surface area contributed by atoms with Crippen LogP contribution in [-0.2, 0) is 38.0 Å². The lowest BCUT2D eigenvalue weighted by Crippen LogP contribution is -2.67. The molecule has 1 aromatic rings. The topological polar surface area (TPSA) is 200 Å². The predicted molar refractivity (Wildman–Crippen MR) is 122 cm³/mol. The summed E-state index contributed by atoms with van der Waals surface area (Å²) in [6.07, 6.45) is -11.4. The summed E-state index contributed by atoms with van der Waals surface area (Å²) < 4.78 is 38.2. The lowest BCUT2D eigenvalue weighted by atomic mass is 9.74. The van der Waals surface area contributed by atoms with Crippen molar-refractivity contribution in [1.29, 1.82) is 0 Å². The first-order valence-corrected chi connectivity index (χ1v) is 11.9. The molecule has 0 bridgehead atoms. The number of carbonyl (C=O) groups excluding carboxylic acids is 2. The Morgan fingerprint density at radius 3 is 2.37 bits per heavy atom. The highest BCUT2D eigenvalue weighted by atomic mass is 16.8. The van der Waals surface area contributed by atoms with Crippen LogP contribution >= 0.6 is 0 Å². The molecule has 0 spiro atoms. The van der Waals surface area contributed by atoms with Gasteiger partial charge in [0, 0.05) is 13.0 Å². The van der Waals surface area contributed by atoms with E-state index < -0.39 is 85.2 Å². The molecule has 10 atom stereocenters. The second-order valence-corrected chi connectivity index (χ2v) is 9.27. The molecule has 4 rings (SSSR count). The Balaban J connectivity index is 1.82. The first-order valence-electron chi connectivity index (χ1n) is 11.9. The molecule has 0 saturated carbocycles. The van der Waals surface area contributed by atoms with Crippen molar-refractivity contribution in [1.82, 2.24) is 0 Å². The molecule has 1 aromatic carbocycles. The molecule has 14 heteroatoms. The zero-order chi connectivity index (χ0) is 27.8. The molecule has 14 nitrogen and oxygen atoms in total. The number of aliphatic hydroxyl groups excluding tert-OH is 4. The number of hydrogen-bond donors (Lipinski definition) is 5. The van der Waals surface area contributed by atoms with E-state index in [1.165, 1.54) is 26.4 Å². The van der Waals surface area contributed by atoms with Gasteiger partial charge in [-0.2, -0.15) is 0 Å². The molecule has 5 N–H and O–H groups in total. The van der Waals surface area contributed by atoms with E-state index in [-0.39, 0.29) is 12.2 Å². The van der Waals surface area contributed by atoms with Gasteiger partial charge in [0.1, 0.15) is 36.3 Å². The summed E-state index contributed by atoms with van der Waals surface area (Å²) in [5.74, 6) is -5.33. The first kappa shape index (κ1) is 28.6. The Hall–Kier alpha value is -2.40. The molecule has 3 heterocycles. The standard InChI is InChI=1S/C24H32O14/c1-32-12-6-4-11(5-7-12)13(8-16(26)34-3)23(31)22(30)37-20-15(33-2)10-35-24(20,23)38-21-19(29)18(28)17(27)14(9-25)36-21/h4-7,13-15,17-21,25,27-29,31H,8-10H2,1-3H3/t13-,14-,15?,17+,18-,19+,20?,21-,23+,24?/m1/s1. The van der Waals surface area contributed by atoms with Gasteiger partial charge in [0.05, 0.1) is 33.9 Å². The third kappa shape index (κ3) is 4.45. The van der Waals surface area contributed by atoms with Gasteiger partial charge < -0.3 is 58.7 Å². The summed E-state index contributed by atoms with van der Waals surface area (Å²) >= 11 is 0. The Morgan fingerprint density at radius 2 is 1.79 bits per heavy atom. The highest BCUT2D eigenvalue weighted by molar-refractivity contribution is 5.87. The lowest BCUT2D eigenvalue weighted by Gasteiger charge is -2.46. The Bertz CT molecular complexity index is 1000. The minimum absolute atomic E-state index is 0.234. The van der Waals surface area contributed by atoms with Gasteiger partial charge in [-0.25, -0.2) is 4.79 Å². The molecule has 0 aliphatic carbocycles. The number of benzene rings is 1. The van der Waals surface area contributed by atoms with Crippen LogP contribution in [0.5, 0.6) is 5.75 Å². The monoisotopic (exact) mass is 544 g/mol. The van der Waals surface area contributed by atoms with Gasteiger partial charge in [-0.1, -0.05) is 12.1 Å². The third-order valence-electron chi connectivity index (χ3n) is 7.31. The zero-order valence-corrected chi connectivity index (χ0v) is 21.0. The van der Waals surface area contributed by atoms with Crippen LogP contribution in [0.3, 0.4) is 0 Å². The number of fused-ring (bicyclic) bond motifs is 1. The maximum absolute atomic E-state index is 13.4. The quantitative estimate of drug-likeness (QED) is 0.205. The van der Waals surface area contributed by atoms with Crippen LogP contribution in [-0.4, -0.2) is 126 Å². The maximum atomic E-state index is 13.4. The molecule has 212 valence electrons. The van der Waals surface area contributed by atoms with E-state index in [2.05, 4.69) is 0 Å². The van der Waals surface area contributed by atoms with Gasteiger partial charge >= 0.3 is 11.9 Å².